The summed E-state index contributed by atoms with van der Waals surface area (Å²) in [6.07, 6.45) is 0. The molecule has 4 nitrogen and oxygen atoms in total. The Bertz CT molecular complexity index is 357. The zero-order chi connectivity index (χ0) is 10.0. The van der Waals surface area contributed by atoms with E-state index in [-0.39, 0.29) is 11.4 Å². The van der Waals surface area contributed by atoms with Crippen molar-refractivity contribution in [3.63, 3.8) is 0 Å². The van der Waals surface area contributed by atoms with Crippen LogP contribution in [0, 0.1) is 15.9 Å². The number of nitrogens with two attached hydrogens (primary N) is 1. The van der Waals surface area contributed by atoms with Crippen LogP contribution < -0.4 is 5.73 Å². The third kappa shape index (κ3) is 1.70. The van der Waals surface area contributed by atoms with Gasteiger partial charge in [-0.25, -0.2) is 4.39 Å². The second-order valence-corrected chi connectivity index (χ2v) is 2.63. The Balaban J connectivity index is 3.41. The highest BCUT2D eigenvalue weighted by atomic mass is 35.5. The Labute approximate surface area is 78.3 Å². The maximum atomic E-state index is 12.8. The summed E-state index contributed by atoms with van der Waals surface area (Å²) in [6, 6.07) is 2.30. The number of hydrogen-bond donors (Lipinski definition) is 1. The first kappa shape index (κ1) is 9.73. The molecule has 0 spiro atoms. The molecule has 2 N–H and O–H groups in total. The average molecular weight is 205 g/mol. The van der Waals surface area contributed by atoms with Gasteiger partial charge in [0.2, 0.25) is 0 Å². The van der Waals surface area contributed by atoms with Crippen molar-refractivity contribution in [2.24, 2.45) is 0 Å². The van der Waals surface area contributed by atoms with E-state index in [1.54, 1.807) is 0 Å². The van der Waals surface area contributed by atoms with Gasteiger partial charge in [-0.1, -0.05) is 0 Å². The average Bonchev–Trinajstić information content (AvgIpc) is 2.08. The summed E-state index contributed by atoms with van der Waals surface area (Å²) in [7, 11) is 0. The summed E-state index contributed by atoms with van der Waals surface area (Å²) >= 11 is 5.42. The smallest absolute Gasteiger partial charge is 0.299 e. The number of halogens is 2. The molecule has 0 heterocycles. The van der Waals surface area contributed by atoms with Crippen molar-refractivity contribution in [3.05, 3.63) is 33.6 Å². The van der Waals surface area contributed by atoms with Gasteiger partial charge in [0.05, 0.1) is 10.8 Å². The fourth-order valence-electron chi connectivity index (χ4n) is 0.952. The van der Waals surface area contributed by atoms with Gasteiger partial charge in [0, 0.05) is 5.56 Å². The molecule has 1 rings (SSSR count). The molecule has 0 atom stereocenters. The van der Waals surface area contributed by atoms with Crippen molar-refractivity contribution in [3.8, 4) is 0 Å². The monoisotopic (exact) mass is 204 g/mol. The van der Waals surface area contributed by atoms with Crippen LogP contribution in [0.1, 0.15) is 5.56 Å². The molecule has 6 heteroatoms. The number of nitrogen functional groups attached to an aromatic ring is 1. The lowest BCUT2D eigenvalue weighted by atomic mass is 10.1. The Kier molecular flexibility index (Phi) is 2.67. The molecule has 0 aliphatic carbocycles. The SMILES string of the molecule is Nc1c(F)ccc(CCl)c1[N+](=O)[O-]. The summed E-state index contributed by atoms with van der Waals surface area (Å²) < 4.78 is 12.8. The van der Waals surface area contributed by atoms with E-state index >= 15 is 0 Å². The van der Waals surface area contributed by atoms with Crippen LogP contribution in [0.2, 0.25) is 0 Å². The summed E-state index contributed by atoms with van der Waals surface area (Å²) in [5, 5.41) is 10.5. The molecule has 0 fully saturated rings. The summed E-state index contributed by atoms with van der Waals surface area (Å²) in [4.78, 5) is 9.71. The molecule has 1 aromatic rings. The second-order valence-electron chi connectivity index (χ2n) is 2.36. The number of nitrogens with zero attached hydrogens (tertiary/aromatic N) is 1. The van der Waals surface area contributed by atoms with Gasteiger partial charge in [-0.05, 0) is 12.1 Å². The number of alkyl halides is 1. The normalized spacial score (nSPS) is 10.0. The predicted molar refractivity (Wildman–Crippen MR) is 47.0 cm³/mol. The van der Waals surface area contributed by atoms with Crippen molar-refractivity contribution in [2.45, 2.75) is 5.88 Å². The van der Waals surface area contributed by atoms with Gasteiger partial charge < -0.3 is 5.73 Å². The highest BCUT2D eigenvalue weighted by molar-refractivity contribution is 6.17. The van der Waals surface area contributed by atoms with Crippen LogP contribution in [0.4, 0.5) is 15.8 Å². The minimum Gasteiger partial charge on any atom is -0.391 e. The molecule has 0 bridgehead atoms. The van der Waals surface area contributed by atoms with E-state index < -0.39 is 22.1 Å². The summed E-state index contributed by atoms with van der Waals surface area (Å²) in [5.41, 5.74) is 4.48. The predicted octanol–water partition coefficient (Wildman–Crippen LogP) is 2.05. The summed E-state index contributed by atoms with van der Waals surface area (Å²) in [6.45, 7) is 0. The van der Waals surface area contributed by atoms with E-state index in [9.17, 15) is 14.5 Å². The zero-order valence-electron chi connectivity index (χ0n) is 6.46. The second kappa shape index (κ2) is 3.57. The molecule has 0 amide bonds. The van der Waals surface area contributed by atoms with E-state index in [1.165, 1.54) is 6.07 Å². The number of anilines is 1. The molecule has 0 saturated heterocycles. The maximum Gasteiger partial charge on any atom is 0.299 e. The Morgan fingerprint density at radius 3 is 2.69 bits per heavy atom. The lowest BCUT2D eigenvalue weighted by Crippen LogP contribution is -2.01. The van der Waals surface area contributed by atoms with Gasteiger partial charge in [0.25, 0.3) is 5.69 Å². The Morgan fingerprint density at radius 1 is 1.62 bits per heavy atom. The largest absolute Gasteiger partial charge is 0.391 e. The molecule has 13 heavy (non-hydrogen) atoms. The van der Waals surface area contributed by atoms with Crippen LogP contribution in [-0.2, 0) is 5.88 Å². The van der Waals surface area contributed by atoms with E-state index in [4.69, 9.17) is 17.3 Å². The van der Waals surface area contributed by atoms with E-state index in [2.05, 4.69) is 0 Å². The van der Waals surface area contributed by atoms with Crippen molar-refractivity contribution >= 4 is 23.0 Å². The van der Waals surface area contributed by atoms with E-state index in [0.29, 0.717) is 0 Å². The van der Waals surface area contributed by atoms with Crippen LogP contribution in [-0.4, -0.2) is 4.92 Å². The van der Waals surface area contributed by atoms with Gasteiger partial charge in [-0.15, -0.1) is 11.6 Å². The van der Waals surface area contributed by atoms with Crippen LogP contribution in [0.15, 0.2) is 12.1 Å². The quantitative estimate of drug-likeness (QED) is 0.347. The van der Waals surface area contributed by atoms with E-state index in [0.717, 1.165) is 6.07 Å². The first-order valence-electron chi connectivity index (χ1n) is 3.35. The van der Waals surface area contributed by atoms with Crippen molar-refractivity contribution < 1.29 is 9.31 Å². The van der Waals surface area contributed by atoms with Crippen molar-refractivity contribution in [1.82, 2.24) is 0 Å². The third-order valence-corrected chi connectivity index (χ3v) is 1.86. The van der Waals surface area contributed by atoms with Crippen LogP contribution in [0.25, 0.3) is 0 Å². The van der Waals surface area contributed by atoms with Crippen molar-refractivity contribution in [1.29, 1.82) is 0 Å². The molecule has 0 aromatic heterocycles. The fourth-order valence-corrected chi connectivity index (χ4v) is 1.17. The Morgan fingerprint density at radius 2 is 2.23 bits per heavy atom. The summed E-state index contributed by atoms with van der Waals surface area (Å²) in [5.74, 6) is -0.874. The number of nitro groups is 1. The van der Waals surface area contributed by atoms with Crippen molar-refractivity contribution in [2.75, 3.05) is 5.73 Å². The molecule has 0 radical (unpaired) electrons. The molecule has 0 unspecified atom stereocenters. The van der Waals surface area contributed by atoms with Gasteiger partial charge in [-0.3, -0.25) is 10.1 Å². The molecule has 70 valence electrons. The fraction of sp³-hybridized carbons (Fsp3) is 0.143. The number of benzene rings is 1. The highest BCUT2D eigenvalue weighted by Crippen LogP contribution is 2.29. The first-order chi connectivity index (χ1) is 6.07. The van der Waals surface area contributed by atoms with Gasteiger partial charge in [-0.2, -0.15) is 0 Å². The number of nitro benzene ring substituents is 1. The molecule has 0 aliphatic heterocycles. The van der Waals surface area contributed by atoms with Crippen LogP contribution in [0.5, 0.6) is 0 Å². The Hall–Kier alpha value is -1.36. The zero-order valence-corrected chi connectivity index (χ0v) is 7.21. The third-order valence-electron chi connectivity index (χ3n) is 1.57. The number of rotatable bonds is 2. The van der Waals surface area contributed by atoms with E-state index in [1.807, 2.05) is 0 Å². The molecular weight excluding hydrogens is 199 g/mol. The molecule has 0 saturated carbocycles. The van der Waals surface area contributed by atoms with Gasteiger partial charge >= 0.3 is 0 Å². The maximum absolute atomic E-state index is 12.8. The van der Waals surface area contributed by atoms with Gasteiger partial charge in [0.1, 0.15) is 5.69 Å². The lowest BCUT2D eigenvalue weighted by Gasteiger charge is -2.02. The molecule has 0 aliphatic rings. The molecular formula is C7H6ClFN2O2. The lowest BCUT2D eigenvalue weighted by molar-refractivity contribution is -0.384. The molecule has 1 aromatic carbocycles. The topological polar surface area (TPSA) is 69.2 Å². The minimum absolute atomic E-state index is 0.0687. The highest BCUT2D eigenvalue weighted by Gasteiger charge is 2.20. The first-order valence-corrected chi connectivity index (χ1v) is 3.88. The van der Waals surface area contributed by atoms with Crippen LogP contribution >= 0.6 is 11.6 Å². The minimum atomic E-state index is -0.805. The van der Waals surface area contributed by atoms with Crippen LogP contribution in [0.3, 0.4) is 0 Å². The number of hydrogen-bond acceptors (Lipinski definition) is 3. The van der Waals surface area contributed by atoms with Gasteiger partial charge in [0.15, 0.2) is 5.82 Å². The standard InChI is InChI=1S/C7H6ClFN2O2/c8-3-4-1-2-5(9)6(10)7(4)11(12)13/h1-2H,3,10H2.